The van der Waals surface area contributed by atoms with Crippen LogP contribution in [0.4, 0.5) is 4.39 Å². The van der Waals surface area contributed by atoms with Crippen molar-refractivity contribution in [3.05, 3.63) is 68.5 Å². The molecule has 0 amide bonds. The van der Waals surface area contributed by atoms with E-state index in [0.717, 1.165) is 16.7 Å². The minimum Gasteiger partial charge on any atom is -0.338 e. The Morgan fingerprint density at radius 1 is 1.10 bits per heavy atom. The molecule has 10 heteroatoms. The summed E-state index contributed by atoms with van der Waals surface area (Å²) < 4.78 is 18.5. The summed E-state index contributed by atoms with van der Waals surface area (Å²) in [6, 6.07) is 7.98. The minimum absolute atomic E-state index is 0.234. The number of nitrogens with one attached hydrogen (secondary N) is 1. The SMILES string of the molecule is O=c1[nH]c(SCc2nc(-c3ccsc3)no2)nc2scc(-c3ccc(F)cc3)c12. The number of rotatable bonds is 5. The third kappa shape index (κ3) is 3.61. The number of hydrogen-bond donors (Lipinski definition) is 1. The lowest BCUT2D eigenvalue weighted by Gasteiger charge is -2.01. The van der Waals surface area contributed by atoms with E-state index in [2.05, 4.69) is 20.1 Å². The fourth-order valence-corrected chi connectivity index (χ4v) is 5.13. The van der Waals surface area contributed by atoms with E-state index in [9.17, 15) is 9.18 Å². The number of halogens is 1. The first kappa shape index (κ1) is 18.2. The molecule has 6 nitrogen and oxygen atoms in total. The number of aromatic amines is 1. The number of H-pyrrole nitrogens is 1. The van der Waals surface area contributed by atoms with Gasteiger partial charge in [-0.3, -0.25) is 4.79 Å². The van der Waals surface area contributed by atoms with E-state index < -0.39 is 0 Å². The zero-order chi connectivity index (χ0) is 19.8. The Balaban J connectivity index is 1.39. The molecule has 5 aromatic rings. The summed E-state index contributed by atoms with van der Waals surface area (Å²) in [5, 5.41) is 10.7. The summed E-state index contributed by atoms with van der Waals surface area (Å²) >= 11 is 4.26. The maximum absolute atomic E-state index is 13.2. The van der Waals surface area contributed by atoms with Crippen molar-refractivity contribution < 1.29 is 8.91 Å². The minimum atomic E-state index is -0.317. The average molecular weight is 443 g/mol. The number of thiophene rings is 2. The van der Waals surface area contributed by atoms with Crippen LogP contribution in [0.25, 0.3) is 32.7 Å². The van der Waals surface area contributed by atoms with Crippen molar-refractivity contribution in [3.8, 4) is 22.5 Å². The van der Waals surface area contributed by atoms with Gasteiger partial charge in [0.05, 0.1) is 11.1 Å². The standard InChI is InChI=1S/C19H11FN4O2S3/c20-12-3-1-10(2-4-12)13-8-28-18-15(13)17(25)22-19(23-18)29-9-14-21-16(24-26-14)11-5-6-27-7-11/h1-8H,9H2,(H,22,23,25). The highest BCUT2D eigenvalue weighted by atomic mass is 32.2. The zero-order valence-electron chi connectivity index (χ0n) is 14.6. The van der Waals surface area contributed by atoms with Crippen molar-refractivity contribution in [1.29, 1.82) is 0 Å². The molecule has 0 saturated carbocycles. The molecule has 0 bridgehead atoms. The normalized spacial score (nSPS) is 11.3. The second kappa shape index (κ2) is 7.54. The molecule has 5 rings (SSSR count). The number of benzene rings is 1. The zero-order valence-corrected chi connectivity index (χ0v) is 17.0. The molecule has 0 aliphatic rings. The van der Waals surface area contributed by atoms with Crippen LogP contribution >= 0.6 is 34.4 Å². The topological polar surface area (TPSA) is 84.7 Å². The van der Waals surface area contributed by atoms with Crippen molar-refractivity contribution >= 4 is 44.7 Å². The largest absolute Gasteiger partial charge is 0.338 e. The molecule has 0 spiro atoms. The predicted molar refractivity (Wildman–Crippen MR) is 113 cm³/mol. The van der Waals surface area contributed by atoms with Crippen LogP contribution in [0.1, 0.15) is 5.89 Å². The lowest BCUT2D eigenvalue weighted by atomic mass is 10.1. The van der Waals surface area contributed by atoms with E-state index in [-0.39, 0.29) is 11.4 Å². The summed E-state index contributed by atoms with van der Waals surface area (Å²) in [7, 11) is 0. The van der Waals surface area contributed by atoms with Crippen LogP contribution in [0, 0.1) is 5.82 Å². The summed E-state index contributed by atoms with van der Waals surface area (Å²) in [6.45, 7) is 0. The first-order chi connectivity index (χ1) is 14.2. The predicted octanol–water partition coefficient (Wildman–Crippen LogP) is 5.19. The van der Waals surface area contributed by atoms with Crippen molar-refractivity contribution in [2.24, 2.45) is 0 Å². The smallest absolute Gasteiger partial charge is 0.260 e. The molecule has 0 aliphatic carbocycles. The van der Waals surface area contributed by atoms with Gasteiger partial charge in [0.1, 0.15) is 10.6 Å². The number of thioether (sulfide) groups is 1. The highest BCUT2D eigenvalue weighted by molar-refractivity contribution is 7.98. The summed E-state index contributed by atoms with van der Waals surface area (Å²) in [4.78, 5) is 25.0. The Labute approximate surface area is 175 Å². The van der Waals surface area contributed by atoms with Crippen LogP contribution in [0.2, 0.25) is 0 Å². The molecule has 0 saturated heterocycles. The molecule has 29 heavy (non-hydrogen) atoms. The molecule has 0 aliphatic heterocycles. The molecule has 1 aromatic carbocycles. The van der Waals surface area contributed by atoms with Gasteiger partial charge in [-0.1, -0.05) is 29.1 Å². The Hall–Kier alpha value is -2.82. The second-order valence-electron chi connectivity index (χ2n) is 6.02. The Morgan fingerprint density at radius 3 is 2.76 bits per heavy atom. The van der Waals surface area contributed by atoms with Crippen LogP contribution in [0.15, 0.2) is 60.9 Å². The molecule has 0 unspecified atom stereocenters. The summed E-state index contributed by atoms with van der Waals surface area (Å²) in [6.07, 6.45) is 0. The van der Waals surface area contributed by atoms with E-state index >= 15 is 0 Å². The Morgan fingerprint density at radius 2 is 1.97 bits per heavy atom. The molecule has 144 valence electrons. The molecule has 0 fully saturated rings. The van der Waals surface area contributed by atoms with Gasteiger partial charge in [-0.05, 0) is 29.1 Å². The monoisotopic (exact) mass is 442 g/mol. The van der Waals surface area contributed by atoms with Crippen molar-refractivity contribution in [1.82, 2.24) is 20.1 Å². The Kier molecular flexibility index (Phi) is 4.74. The molecule has 4 aromatic heterocycles. The van der Waals surface area contributed by atoms with E-state index in [1.54, 1.807) is 23.5 Å². The highest BCUT2D eigenvalue weighted by Crippen LogP contribution is 2.32. The average Bonchev–Trinajstić information content (AvgIpc) is 3.47. The number of aromatic nitrogens is 4. The third-order valence-corrected chi connectivity index (χ3v) is 6.57. The molecule has 1 N–H and O–H groups in total. The third-order valence-electron chi connectivity index (χ3n) is 4.16. The van der Waals surface area contributed by atoms with Crippen LogP contribution in [0.5, 0.6) is 0 Å². The maximum Gasteiger partial charge on any atom is 0.260 e. The lowest BCUT2D eigenvalue weighted by Crippen LogP contribution is -2.08. The first-order valence-electron chi connectivity index (χ1n) is 8.43. The van der Waals surface area contributed by atoms with E-state index in [1.807, 2.05) is 22.2 Å². The Bertz CT molecular complexity index is 1340. The molecular formula is C19H11FN4O2S3. The number of nitrogens with zero attached hydrogens (tertiary/aromatic N) is 3. The van der Waals surface area contributed by atoms with Crippen LogP contribution < -0.4 is 5.56 Å². The van der Waals surface area contributed by atoms with Gasteiger partial charge in [-0.2, -0.15) is 16.3 Å². The van der Waals surface area contributed by atoms with E-state index in [0.29, 0.717) is 32.8 Å². The van der Waals surface area contributed by atoms with Crippen molar-refractivity contribution in [3.63, 3.8) is 0 Å². The quantitative estimate of drug-likeness (QED) is 0.298. The first-order valence-corrected chi connectivity index (χ1v) is 11.2. The molecular weight excluding hydrogens is 431 g/mol. The molecule has 0 atom stereocenters. The van der Waals surface area contributed by atoms with Crippen LogP contribution in [-0.2, 0) is 5.75 Å². The van der Waals surface area contributed by atoms with Gasteiger partial charge in [-0.15, -0.1) is 11.3 Å². The highest BCUT2D eigenvalue weighted by Gasteiger charge is 2.15. The van der Waals surface area contributed by atoms with Gasteiger partial charge in [-0.25, -0.2) is 9.37 Å². The molecule has 0 radical (unpaired) electrons. The summed E-state index contributed by atoms with van der Waals surface area (Å²) in [5.74, 6) is 1.07. The molecule has 4 heterocycles. The van der Waals surface area contributed by atoms with Gasteiger partial charge >= 0.3 is 0 Å². The van der Waals surface area contributed by atoms with E-state index in [1.165, 1.54) is 35.2 Å². The van der Waals surface area contributed by atoms with Gasteiger partial charge in [0.2, 0.25) is 11.7 Å². The number of hydrogen-bond acceptors (Lipinski definition) is 8. The lowest BCUT2D eigenvalue weighted by molar-refractivity contribution is 0.391. The van der Waals surface area contributed by atoms with Crippen LogP contribution in [0.3, 0.4) is 0 Å². The van der Waals surface area contributed by atoms with Gasteiger partial charge in [0, 0.05) is 21.9 Å². The van der Waals surface area contributed by atoms with Crippen molar-refractivity contribution in [2.75, 3.05) is 0 Å². The van der Waals surface area contributed by atoms with Gasteiger partial charge in [0.15, 0.2) is 5.16 Å². The fraction of sp³-hybridized carbons (Fsp3) is 0.0526. The maximum atomic E-state index is 13.2. The van der Waals surface area contributed by atoms with Crippen molar-refractivity contribution in [2.45, 2.75) is 10.9 Å². The van der Waals surface area contributed by atoms with E-state index in [4.69, 9.17) is 4.52 Å². The van der Waals surface area contributed by atoms with Crippen LogP contribution in [-0.4, -0.2) is 20.1 Å². The number of fused-ring (bicyclic) bond motifs is 1. The van der Waals surface area contributed by atoms with Gasteiger partial charge in [0.25, 0.3) is 5.56 Å². The second-order valence-corrected chi connectivity index (χ2v) is 8.62. The van der Waals surface area contributed by atoms with Gasteiger partial charge < -0.3 is 9.51 Å². The summed E-state index contributed by atoms with van der Waals surface area (Å²) in [5.41, 5.74) is 2.20. The fourth-order valence-electron chi connectivity index (χ4n) is 2.79.